The van der Waals surface area contributed by atoms with Crippen molar-refractivity contribution in [2.24, 2.45) is 0 Å². The van der Waals surface area contributed by atoms with Gasteiger partial charge in [0.15, 0.2) is 0 Å². The largest absolute Gasteiger partial charge is 0.497 e. The van der Waals surface area contributed by atoms with Gasteiger partial charge in [-0.25, -0.2) is 4.98 Å². The fourth-order valence-corrected chi connectivity index (χ4v) is 2.58. The molecular weight excluding hydrogens is 340 g/mol. The number of carbonyl (C=O) groups excluding carboxylic acids is 1. The molecule has 1 amide bonds. The Balaban J connectivity index is 1.50. The molecule has 0 fully saturated rings. The van der Waals surface area contributed by atoms with Gasteiger partial charge in [0.2, 0.25) is 0 Å². The molecule has 3 rings (SSSR count). The molecule has 3 aromatic rings. The summed E-state index contributed by atoms with van der Waals surface area (Å²) in [6.07, 6.45) is 5.88. The third-order valence-electron chi connectivity index (χ3n) is 4.10. The highest BCUT2D eigenvalue weighted by Gasteiger charge is 2.07. The Hall–Kier alpha value is -3.41. The van der Waals surface area contributed by atoms with E-state index in [1.165, 1.54) is 0 Å². The summed E-state index contributed by atoms with van der Waals surface area (Å²) in [6, 6.07) is 15.2. The molecule has 0 saturated heterocycles. The molecule has 6 heteroatoms. The van der Waals surface area contributed by atoms with E-state index in [2.05, 4.69) is 20.6 Å². The van der Waals surface area contributed by atoms with Crippen LogP contribution >= 0.6 is 0 Å². The topological polar surface area (TPSA) is 76.1 Å². The Bertz CT molecular complexity index is 867. The summed E-state index contributed by atoms with van der Waals surface area (Å²) in [5, 5.41) is 6.16. The number of rotatable bonds is 8. The normalized spacial score (nSPS) is 10.3. The predicted octanol–water partition coefficient (Wildman–Crippen LogP) is 3.07. The number of aromatic nitrogens is 2. The predicted molar refractivity (Wildman–Crippen MR) is 105 cm³/mol. The van der Waals surface area contributed by atoms with Crippen LogP contribution in [-0.4, -0.2) is 29.5 Å². The molecule has 0 radical (unpaired) electrons. The van der Waals surface area contributed by atoms with Crippen LogP contribution in [0.5, 0.6) is 5.75 Å². The molecule has 0 aliphatic rings. The second kappa shape index (κ2) is 9.33. The Morgan fingerprint density at radius 2 is 1.78 bits per heavy atom. The number of benzene rings is 1. The molecule has 2 N–H and O–H groups in total. The van der Waals surface area contributed by atoms with Gasteiger partial charge in [0.05, 0.1) is 7.11 Å². The number of anilines is 1. The van der Waals surface area contributed by atoms with E-state index in [0.29, 0.717) is 24.5 Å². The van der Waals surface area contributed by atoms with Crippen molar-refractivity contribution in [3.05, 3.63) is 83.8 Å². The van der Waals surface area contributed by atoms with Crippen LogP contribution in [-0.2, 0) is 13.0 Å². The van der Waals surface area contributed by atoms with Crippen molar-refractivity contribution in [3.63, 3.8) is 0 Å². The second-order valence-electron chi connectivity index (χ2n) is 5.99. The summed E-state index contributed by atoms with van der Waals surface area (Å²) in [7, 11) is 1.64. The van der Waals surface area contributed by atoms with Crippen molar-refractivity contribution in [2.45, 2.75) is 13.0 Å². The first kappa shape index (κ1) is 18.4. The van der Waals surface area contributed by atoms with Crippen molar-refractivity contribution in [2.75, 3.05) is 19.0 Å². The van der Waals surface area contributed by atoms with Crippen molar-refractivity contribution in [3.8, 4) is 5.75 Å². The van der Waals surface area contributed by atoms with E-state index in [-0.39, 0.29) is 5.91 Å². The van der Waals surface area contributed by atoms with Crippen LogP contribution < -0.4 is 15.4 Å². The maximum absolute atomic E-state index is 12.4. The Morgan fingerprint density at radius 3 is 2.52 bits per heavy atom. The highest BCUT2D eigenvalue weighted by atomic mass is 16.5. The molecule has 0 bridgehead atoms. The molecule has 1 aromatic carbocycles. The maximum atomic E-state index is 12.4. The van der Waals surface area contributed by atoms with Crippen LogP contribution in [0.2, 0.25) is 0 Å². The zero-order chi connectivity index (χ0) is 18.9. The minimum Gasteiger partial charge on any atom is -0.497 e. The first-order valence-electron chi connectivity index (χ1n) is 8.74. The van der Waals surface area contributed by atoms with Crippen LogP contribution in [0.3, 0.4) is 0 Å². The average Bonchev–Trinajstić information content (AvgIpc) is 2.73. The summed E-state index contributed by atoms with van der Waals surface area (Å²) in [5.74, 6) is 1.37. The van der Waals surface area contributed by atoms with Crippen LogP contribution in [0.1, 0.15) is 21.5 Å². The maximum Gasteiger partial charge on any atom is 0.251 e. The van der Waals surface area contributed by atoms with Gasteiger partial charge in [0.1, 0.15) is 11.6 Å². The van der Waals surface area contributed by atoms with Gasteiger partial charge in [-0.3, -0.25) is 9.78 Å². The first-order chi connectivity index (χ1) is 13.2. The Morgan fingerprint density at radius 1 is 1.00 bits per heavy atom. The minimum absolute atomic E-state index is 0.113. The van der Waals surface area contributed by atoms with Gasteiger partial charge >= 0.3 is 0 Å². The molecular formula is C21H22N4O2. The van der Waals surface area contributed by atoms with E-state index in [4.69, 9.17) is 4.74 Å². The number of amides is 1. The number of nitrogens with one attached hydrogen (secondary N) is 2. The van der Waals surface area contributed by atoms with Crippen molar-refractivity contribution >= 4 is 11.7 Å². The summed E-state index contributed by atoms with van der Waals surface area (Å²) in [6.45, 7) is 1.19. The third-order valence-corrected chi connectivity index (χ3v) is 4.10. The molecule has 0 spiro atoms. The first-order valence-corrected chi connectivity index (χ1v) is 8.74. The van der Waals surface area contributed by atoms with Crippen molar-refractivity contribution in [1.82, 2.24) is 15.3 Å². The van der Waals surface area contributed by atoms with Gasteiger partial charge in [-0.1, -0.05) is 12.1 Å². The van der Waals surface area contributed by atoms with Crippen LogP contribution in [0.4, 0.5) is 5.82 Å². The lowest BCUT2D eigenvalue weighted by Gasteiger charge is -2.09. The average molecular weight is 362 g/mol. The third kappa shape index (κ3) is 5.54. The SMILES string of the molecule is COc1ccc(CCNC(=O)c2ccnc(NCc3ccncc3)c2)cc1. The lowest BCUT2D eigenvalue weighted by atomic mass is 10.1. The zero-order valence-corrected chi connectivity index (χ0v) is 15.2. The summed E-state index contributed by atoms with van der Waals surface area (Å²) < 4.78 is 5.14. The van der Waals surface area contributed by atoms with Gasteiger partial charge in [-0.15, -0.1) is 0 Å². The van der Waals surface area contributed by atoms with Crippen LogP contribution in [0, 0.1) is 0 Å². The molecule has 138 valence electrons. The molecule has 0 aliphatic heterocycles. The Labute approximate surface area is 158 Å². The van der Waals surface area contributed by atoms with Crippen LogP contribution in [0.15, 0.2) is 67.1 Å². The monoisotopic (exact) mass is 362 g/mol. The molecule has 27 heavy (non-hydrogen) atoms. The lowest BCUT2D eigenvalue weighted by molar-refractivity contribution is 0.0954. The van der Waals surface area contributed by atoms with Crippen LogP contribution in [0.25, 0.3) is 0 Å². The Kier molecular flexibility index (Phi) is 6.35. The molecule has 2 aromatic heterocycles. The fraction of sp³-hybridized carbons (Fsp3) is 0.190. The number of hydrogen-bond donors (Lipinski definition) is 2. The van der Waals surface area contributed by atoms with E-state index >= 15 is 0 Å². The smallest absolute Gasteiger partial charge is 0.251 e. The van der Waals surface area contributed by atoms with E-state index in [1.54, 1.807) is 37.8 Å². The fourth-order valence-electron chi connectivity index (χ4n) is 2.58. The number of carbonyl (C=O) groups is 1. The van der Waals surface area contributed by atoms with Gasteiger partial charge in [0, 0.05) is 37.2 Å². The number of pyridine rings is 2. The molecule has 0 atom stereocenters. The number of nitrogens with zero attached hydrogens (tertiary/aromatic N) is 2. The molecule has 2 heterocycles. The van der Waals surface area contributed by atoms with E-state index in [9.17, 15) is 4.79 Å². The second-order valence-corrected chi connectivity index (χ2v) is 5.99. The molecule has 0 unspecified atom stereocenters. The standard InChI is InChI=1S/C21H22N4O2/c1-27-19-4-2-16(3-5-19)8-12-24-21(26)18-9-13-23-20(14-18)25-15-17-6-10-22-11-7-17/h2-7,9-11,13-14H,8,12,15H2,1H3,(H,23,25)(H,24,26). The summed E-state index contributed by atoms with van der Waals surface area (Å²) in [4.78, 5) is 20.6. The quantitative estimate of drug-likeness (QED) is 0.644. The van der Waals surface area contributed by atoms with Gasteiger partial charge in [-0.05, 0) is 53.9 Å². The number of methoxy groups -OCH3 is 1. The van der Waals surface area contributed by atoms with Gasteiger partial charge in [-0.2, -0.15) is 0 Å². The molecule has 0 aliphatic carbocycles. The highest BCUT2D eigenvalue weighted by molar-refractivity contribution is 5.94. The minimum atomic E-state index is -0.113. The number of hydrogen-bond acceptors (Lipinski definition) is 5. The molecule has 0 saturated carbocycles. The lowest BCUT2D eigenvalue weighted by Crippen LogP contribution is -2.25. The molecule has 6 nitrogen and oxygen atoms in total. The van der Waals surface area contributed by atoms with E-state index < -0.39 is 0 Å². The van der Waals surface area contributed by atoms with Crippen molar-refractivity contribution in [1.29, 1.82) is 0 Å². The summed E-state index contributed by atoms with van der Waals surface area (Å²) >= 11 is 0. The van der Waals surface area contributed by atoms with Gasteiger partial charge in [0.25, 0.3) is 5.91 Å². The van der Waals surface area contributed by atoms with E-state index in [1.807, 2.05) is 36.4 Å². The van der Waals surface area contributed by atoms with E-state index in [0.717, 1.165) is 23.3 Å². The van der Waals surface area contributed by atoms with Crippen molar-refractivity contribution < 1.29 is 9.53 Å². The summed E-state index contributed by atoms with van der Waals surface area (Å²) in [5.41, 5.74) is 2.82. The zero-order valence-electron chi connectivity index (χ0n) is 15.2. The van der Waals surface area contributed by atoms with Gasteiger partial charge < -0.3 is 15.4 Å². The number of ether oxygens (including phenoxy) is 1. The highest BCUT2D eigenvalue weighted by Crippen LogP contribution is 2.12.